The molecule has 6 heteroatoms. The van der Waals surface area contributed by atoms with Crippen LogP contribution in [0.25, 0.3) is 0 Å². The average molecular weight is 328 g/mol. The average Bonchev–Trinajstić information content (AvgIpc) is 2.55. The van der Waals surface area contributed by atoms with Gasteiger partial charge in [0, 0.05) is 6.54 Å². The first-order valence-electron chi connectivity index (χ1n) is 8.09. The summed E-state index contributed by atoms with van der Waals surface area (Å²) in [6.07, 6.45) is 7.02. The first-order valence-corrected chi connectivity index (χ1v) is 8.47. The second kappa shape index (κ2) is 8.09. The fourth-order valence-corrected chi connectivity index (χ4v) is 2.89. The number of halogens is 1. The molecule has 1 aliphatic rings. The minimum Gasteiger partial charge on any atom is -0.490 e. The van der Waals surface area contributed by atoms with Gasteiger partial charge in [-0.15, -0.1) is 0 Å². The molecule has 5 nitrogen and oxygen atoms in total. The van der Waals surface area contributed by atoms with Gasteiger partial charge in [0.2, 0.25) is 5.28 Å². The number of piperidine rings is 1. The Hall–Kier alpha value is -0.910. The smallest absolute Gasteiger partial charge is 0.222 e. The molecule has 124 valence electrons. The third kappa shape index (κ3) is 5.07. The lowest BCUT2D eigenvalue weighted by atomic mass is 9.93. The first kappa shape index (κ1) is 17.4. The number of ether oxygens (including phenoxy) is 1. The summed E-state index contributed by atoms with van der Waals surface area (Å²) in [6.45, 7) is 7.61. The van der Waals surface area contributed by atoms with E-state index in [4.69, 9.17) is 16.3 Å². The fourth-order valence-electron chi connectivity index (χ4n) is 2.79. The zero-order chi connectivity index (χ0) is 16.0. The Balaban J connectivity index is 1.72. The summed E-state index contributed by atoms with van der Waals surface area (Å²) in [6, 6.07) is 0. The van der Waals surface area contributed by atoms with Crippen molar-refractivity contribution in [1.29, 1.82) is 0 Å². The van der Waals surface area contributed by atoms with Crippen molar-refractivity contribution in [1.82, 2.24) is 14.9 Å². The van der Waals surface area contributed by atoms with E-state index in [2.05, 4.69) is 28.7 Å². The number of hydrogen-bond acceptors (Lipinski definition) is 5. The van der Waals surface area contributed by atoms with Crippen LogP contribution in [0, 0.1) is 5.92 Å². The molecule has 0 atom stereocenters. The molecule has 0 aromatic carbocycles. The van der Waals surface area contributed by atoms with Gasteiger partial charge in [-0.2, -0.15) is 0 Å². The second-order valence-electron chi connectivity index (χ2n) is 6.15. The summed E-state index contributed by atoms with van der Waals surface area (Å²) in [5.41, 5.74) is -0.538. The van der Waals surface area contributed by atoms with Crippen LogP contribution in [0.5, 0.6) is 5.75 Å². The molecule has 1 saturated heterocycles. The summed E-state index contributed by atoms with van der Waals surface area (Å²) in [7, 11) is 0. The van der Waals surface area contributed by atoms with Crippen molar-refractivity contribution in [3.05, 3.63) is 17.7 Å². The van der Waals surface area contributed by atoms with Crippen molar-refractivity contribution in [3.8, 4) is 5.75 Å². The highest BCUT2D eigenvalue weighted by Crippen LogP contribution is 2.23. The molecule has 0 amide bonds. The van der Waals surface area contributed by atoms with Crippen molar-refractivity contribution in [2.24, 2.45) is 5.92 Å². The molecule has 1 N–H and O–H groups in total. The summed E-state index contributed by atoms with van der Waals surface area (Å²) >= 11 is 5.65. The predicted octanol–water partition coefficient (Wildman–Crippen LogP) is 2.77. The molecule has 1 aromatic rings. The number of nitrogens with zero attached hydrogens (tertiary/aromatic N) is 3. The molecule has 0 saturated carbocycles. The van der Waals surface area contributed by atoms with Crippen LogP contribution in [-0.4, -0.2) is 51.8 Å². The lowest BCUT2D eigenvalue weighted by Gasteiger charge is -2.37. The van der Waals surface area contributed by atoms with E-state index < -0.39 is 5.60 Å². The Morgan fingerprint density at radius 1 is 1.27 bits per heavy atom. The topological polar surface area (TPSA) is 58.5 Å². The van der Waals surface area contributed by atoms with Crippen LogP contribution >= 0.6 is 11.6 Å². The van der Waals surface area contributed by atoms with Gasteiger partial charge < -0.3 is 14.7 Å². The van der Waals surface area contributed by atoms with E-state index in [1.165, 1.54) is 0 Å². The van der Waals surface area contributed by atoms with Gasteiger partial charge in [0.15, 0.2) is 5.75 Å². The molecule has 1 aromatic heterocycles. The minimum atomic E-state index is -0.538. The summed E-state index contributed by atoms with van der Waals surface area (Å²) in [4.78, 5) is 10.2. The Kier molecular flexibility index (Phi) is 6.41. The van der Waals surface area contributed by atoms with Crippen molar-refractivity contribution in [2.45, 2.75) is 45.1 Å². The highest BCUT2D eigenvalue weighted by Gasteiger charge is 2.28. The minimum absolute atomic E-state index is 0.236. The van der Waals surface area contributed by atoms with Crippen LogP contribution in [0.3, 0.4) is 0 Å². The van der Waals surface area contributed by atoms with Crippen molar-refractivity contribution in [2.75, 3.05) is 26.2 Å². The number of aromatic nitrogens is 2. The van der Waals surface area contributed by atoms with E-state index in [0.29, 0.717) is 18.3 Å². The largest absolute Gasteiger partial charge is 0.490 e. The van der Waals surface area contributed by atoms with E-state index in [-0.39, 0.29) is 5.28 Å². The van der Waals surface area contributed by atoms with Gasteiger partial charge in [0.05, 0.1) is 24.6 Å². The van der Waals surface area contributed by atoms with Crippen LogP contribution in [0.1, 0.15) is 39.5 Å². The predicted molar refractivity (Wildman–Crippen MR) is 87.2 cm³/mol. The van der Waals surface area contributed by atoms with Gasteiger partial charge in [-0.1, -0.05) is 13.8 Å². The van der Waals surface area contributed by atoms with Crippen molar-refractivity contribution in [3.63, 3.8) is 0 Å². The number of hydrogen-bond donors (Lipinski definition) is 1. The molecule has 2 heterocycles. The van der Waals surface area contributed by atoms with Gasteiger partial charge in [-0.25, -0.2) is 9.97 Å². The molecule has 0 spiro atoms. The molecule has 22 heavy (non-hydrogen) atoms. The monoisotopic (exact) mass is 327 g/mol. The molecule has 0 aliphatic carbocycles. The highest BCUT2D eigenvalue weighted by molar-refractivity contribution is 6.28. The molecule has 1 aliphatic heterocycles. The number of rotatable bonds is 7. The van der Waals surface area contributed by atoms with Gasteiger partial charge in [-0.05, 0) is 56.3 Å². The van der Waals surface area contributed by atoms with Gasteiger partial charge in [0.25, 0.3) is 0 Å². The fraction of sp³-hybridized carbons (Fsp3) is 0.750. The Bertz CT molecular complexity index is 443. The van der Waals surface area contributed by atoms with E-state index in [9.17, 15) is 5.11 Å². The van der Waals surface area contributed by atoms with Crippen molar-refractivity contribution >= 4 is 11.6 Å². The maximum absolute atomic E-state index is 10.4. The molecule has 2 rings (SSSR count). The SMILES string of the molecule is CCC(O)(CC)CN1CCC(COc2cnc(Cl)nc2)CC1. The summed E-state index contributed by atoms with van der Waals surface area (Å²) in [5.74, 6) is 1.21. The first-order chi connectivity index (χ1) is 10.5. The Labute approximate surface area is 137 Å². The maximum atomic E-state index is 10.4. The Morgan fingerprint density at radius 2 is 1.86 bits per heavy atom. The molecular formula is C16H26ClN3O2. The molecular weight excluding hydrogens is 302 g/mol. The van der Waals surface area contributed by atoms with Crippen LogP contribution in [0.15, 0.2) is 12.4 Å². The molecule has 1 fully saturated rings. The van der Waals surface area contributed by atoms with Crippen LogP contribution in [0.4, 0.5) is 0 Å². The lowest BCUT2D eigenvalue weighted by Crippen LogP contribution is -2.46. The zero-order valence-corrected chi connectivity index (χ0v) is 14.2. The third-order valence-corrected chi connectivity index (χ3v) is 4.82. The van der Waals surface area contributed by atoms with Gasteiger partial charge in [-0.3, -0.25) is 0 Å². The Morgan fingerprint density at radius 3 is 2.41 bits per heavy atom. The maximum Gasteiger partial charge on any atom is 0.222 e. The second-order valence-corrected chi connectivity index (χ2v) is 6.49. The quantitative estimate of drug-likeness (QED) is 0.780. The highest BCUT2D eigenvalue weighted by atomic mass is 35.5. The van der Waals surface area contributed by atoms with E-state index in [1.807, 2.05) is 0 Å². The van der Waals surface area contributed by atoms with E-state index in [1.54, 1.807) is 12.4 Å². The van der Waals surface area contributed by atoms with Crippen molar-refractivity contribution < 1.29 is 9.84 Å². The van der Waals surface area contributed by atoms with E-state index >= 15 is 0 Å². The van der Waals surface area contributed by atoms with Crippen LogP contribution in [-0.2, 0) is 0 Å². The standard InChI is InChI=1S/C16H26ClN3O2/c1-3-16(21,4-2)12-20-7-5-13(6-8-20)11-22-14-9-18-15(17)19-10-14/h9-10,13,21H,3-8,11-12H2,1-2H3. The van der Waals surface area contributed by atoms with Crippen LogP contribution < -0.4 is 4.74 Å². The van der Waals surface area contributed by atoms with Gasteiger partial charge in [0.1, 0.15) is 0 Å². The normalized spacial score (nSPS) is 17.6. The number of aliphatic hydroxyl groups is 1. The van der Waals surface area contributed by atoms with Crippen LogP contribution in [0.2, 0.25) is 5.28 Å². The molecule has 0 bridgehead atoms. The molecule has 0 radical (unpaired) electrons. The van der Waals surface area contributed by atoms with Gasteiger partial charge >= 0.3 is 0 Å². The lowest BCUT2D eigenvalue weighted by molar-refractivity contribution is -0.0133. The summed E-state index contributed by atoms with van der Waals surface area (Å²) in [5, 5.41) is 10.7. The number of likely N-dealkylation sites (tertiary alicyclic amines) is 1. The zero-order valence-electron chi connectivity index (χ0n) is 13.5. The van der Waals surface area contributed by atoms with E-state index in [0.717, 1.165) is 45.3 Å². The number of β-amino-alcohol motifs (C(OH)–C–C–N with tert-alkyl or cyclic N) is 1. The summed E-state index contributed by atoms with van der Waals surface area (Å²) < 4.78 is 5.73. The molecule has 0 unspecified atom stereocenters. The third-order valence-electron chi connectivity index (χ3n) is 4.62.